The third kappa shape index (κ3) is 6.06. The van der Waals surface area contributed by atoms with E-state index >= 15 is 0 Å². The monoisotopic (exact) mass is 1080 g/mol. The van der Waals surface area contributed by atoms with Crippen LogP contribution in [0.1, 0.15) is 58.3 Å². The van der Waals surface area contributed by atoms with Crippen LogP contribution in [-0.4, -0.2) is 18.7 Å². The molecule has 332 valence electrons. The fraction of sp³-hybridized carbons (Fsp3) is 0.115. The second kappa shape index (κ2) is 15.3. The van der Waals surface area contributed by atoms with Crippen molar-refractivity contribution in [3.8, 4) is 45.3 Å². The van der Waals surface area contributed by atoms with Crippen molar-refractivity contribution in [1.82, 2.24) is 18.7 Å². The Morgan fingerprint density at radius 1 is 0.618 bits per heavy atom. The first kappa shape index (κ1) is 38.0. The molecule has 0 atom stereocenters. The van der Waals surface area contributed by atoms with Gasteiger partial charge in [0.2, 0.25) is 0 Å². The molecule has 1 spiro atoms. The van der Waals surface area contributed by atoms with E-state index in [-0.39, 0.29) is 11.0 Å². The second-order valence-corrected chi connectivity index (χ2v) is 20.9. The first-order valence-electron chi connectivity index (χ1n) is 24.2. The SMILES string of the molecule is [2H]C([2H])([2H])c1cc(-n2c3[c-]c(Oc4[c-]c(-n5[c](=[Pt])n(C)c6ccccc65)ccc4)ccc3c3cc4c(cc32)C2(c3ccccc3Sc3ccccc32)c2ccccc2-4)ncc1-c1ccc(C(C)(C)C)cc1. The van der Waals surface area contributed by atoms with Crippen LogP contribution in [-0.2, 0) is 37.2 Å². The molecule has 0 saturated carbocycles. The number of hydrogen-bond donors (Lipinski definition) is 0. The van der Waals surface area contributed by atoms with Gasteiger partial charge in [-0.3, -0.25) is 0 Å². The van der Waals surface area contributed by atoms with E-state index in [1.807, 2.05) is 54.2 Å². The van der Waals surface area contributed by atoms with Gasteiger partial charge in [-0.05, 0) is 74.5 Å². The summed E-state index contributed by atoms with van der Waals surface area (Å²) in [6.45, 7) is 4.07. The molecule has 0 saturated heterocycles. The topological polar surface area (TPSA) is 36.9 Å². The van der Waals surface area contributed by atoms with Crippen LogP contribution in [0.25, 0.3) is 66.6 Å². The van der Waals surface area contributed by atoms with Crippen molar-refractivity contribution < 1.29 is 28.2 Å². The van der Waals surface area contributed by atoms with Crippen molar-refractivity contribution in [1.29, 1.82) is 0 Å². The van der Waals surface area contributed by atoms with E-state index in [9.17, 15) is 0 Å². The first-order valence-corrected chi connectivity index (χ1v) is 24.7. The van der Waals surface area contributed by atoms with Gasteiger partial charge in [-0.25, -0.2) is 0 Å². The number of aromatic nitrogens is 4. The average Bonchev–Trinajstić information content (AvgIpc) is 3.94. The molecule has 8 aromatic carbocycles. The first-order chi connectivity index (χ1) is 34.3. The molecule has 13 rings (SSSR count). The zero-order valence-electron chi connectivity index (χ0n) is 40.7. The zero-order chi connectivity index (χ0) is 48.6. The van der Waals surface area contributed by atoms with Gasteiger partial charge in [0.05, 0.1) is 5.41 Å². The fourth-order valence-electron chi connectivity index (χ4n) is 10.7. The fourth-order valence-corrected chi connectivity index (χ4v) is 12.8. The van der Waals surface area contributed by atoms with E-state index in [0.717, 1.165) is 53.5 Å². The minimum absolute atomic E-state index is 0.0564. The summed E-state index contributed by atoms with van der Waals surface area (Å²) in [7, 11) is 2.07. The summed E-state index contributed by atoms with van der Waals surface area (Å²) in [6.07, 6.45) is 1.73. The molecule has 11 aromatic rings. The number of para-hydroxylation sites is 2. The van der Waals surface area contributed by atoms with Crippen LogP contribution in [0.15, 0.2) is 186 Å². The Morgan fingerprint density at radius 3 is 2.06 bits per heavy atom. The normalized spacial score (nSPS) is 14.4. The Labute approximate surface area is 415 Å². The third-order valence-corrected chi connectivity index (χ3v) is 16.3. The number of imidazole rings is 1. The predicted molar refractivity (Wildman–Crippen MR) is 272 cm³/mol. The summed E-state index contributed by atoms with van der Waals surface area (Å²) in [6, 6.07) is 66.5. The number of rotatable bonds is 5. The zero-order valence-corrected chi connectivity index (χ0v) is 40.8. The van der Waals surface area contributed by atoms with Gasteiger partial charge in [0.15, 0.2) is 0 Å². The van der Waals surface area contributed by atoms with Gasteiger partial charge in [0, 0.05) is 25.7 Å². The molecule has 0 unspecified atom stereocenters. The van der Waals surface area contributed by atoms with Crippen LogP contribution in [0, 0.1) is 22.8 Å². The second-order valence-electron chi connectivity index (χ2n) is 18.8. The maximum atomic E-state index is 8.95. The molecule has 4 heterocycles. The molecule has 0 amide bonds. The van der Waals surface area contributed by atoms with E-state index in [4.69, 9.17) is 13.8 Å². The van der Waals surface area contributed by atoms with E-state index in [0.29, 0.717) is 28.4 Å². The van der Waals surface area contributed by atoms with Crippen molar-refractivity contribution in [2.45, 2.75) is 48.2 Å². The van der Waals surface area contributed by atoms with Crippen LogP contribution in [0.5, 0.6) is 11.5 Å². The van der Waals surface area contributed by atoms with Gasteiger partial charge in [0.1, 0.15) is 0 Å². The van der Waals surface area contributed by atoms with E-state index in [1.165, 1.54) is 37.6 Å². The molecule has 5 nitrogen and oxygen atoms in total. The van der Waals surface area contributed by atoms with Gasteiger partial charge in [-0.1, -0.05) is 117 Å². The number of pyridine rings is 1. The Kier molecular flexibility index (Phi) is 8.54. The molecule has 0 bridgehead atoms. The summed E-state index contributed by atoms with van der Waals surface area (Å²) in [5.74, 6) is 1.49. The maximum absolute atomic E-state index is 8.95. The summed E-state index contributed by atoms with van der Waals surface area (Å²) in [5.41, 5.74) is 13.9. The molecule has 0 N–H and O–H groups in total. The van der Waals surface area contributed by atoms with Crippen LogP contribution in [0.4, 0.5) is 0 Å². The minimum Gasteiger partial charge on any atom is -0.0894 e. The van der Waals surface area contributed by atoms with Crippen molar-refractivity contribution in [2.75, 3.05) is 0 Å². The molecule has 1 aliphatic heterocycles. The molecular formula is C61H44N4OPtS-2. The molecule has 1 aliphatic carbocycles. The van der Waals surface area contributed by atoms with E-state index in [1.54, 1.807) is 12.3 Å². The van der Waals surface area contributed by atoms with E-state index < -0.39 is 12.3 Å². The van der Waals surface area contributed by atoms with Gasteiger partial charge < -0.3 is 0 Å². The average molecular weight is 1080 g/mol. The van der Waals surface area contributed by atoms with E-state index in [2.05, 4.69) is 194 Å². The number of benzene rings is 8. The number of nitrogens with zero attached hydrogens (tertiary/aromatic N) is 4. The number of hydrogen-bond acceptors (Lipinski definition) is 3. The summed E-state index contributed by atoms with van der Waals surface area (Å²) in [5, 5.41) is 1.93. The van der Waals surface area contributed by atoms with Crippen LogP contribution in [0.2, 0.25) is 0 Å². The van der Waals surface area contributed by atoms with Crippen LogP contribution >= 0.6 is 11.8 Å². The molecule has 0 radical (unpaired) electrons. The van der Waals surface area contributed by atoms with Crippen LogP contribution < -0.4 is 4.74 Å². The van der Waals surface area contributed by atoms with Gasteiger partial charge in [-0.2, -0.15) is 0 Å². The molecule has 68 heavy (non-hydrogen) atoms. The molecule has 3 aromatic heterocycles. The van der Waals surface area contributed by atoms with Gasteiger partial charge in [0.25, 0.3) is 0 Å². The van der Waals surface area contributed by atoms with Crippen molar-refractivity contribution in [2.24, 2.45) is 7.05 Å². The Bertz CT molecular complexity index is 4040. The third-order valence-electron chi connectivity index (χ3n) is 13.9. The van der Waals surface area contributed by atoms with Crippen molar-refractivity contribution in [3.63, 3.8) is 0 Å². The minimum atomic E-state index is -2.45. The van der Waals surface area contributed by atoms with Gasteiger partial charge in [-0.15, -0.1) is 0 Å². The van der Waals surface area contributed by atoms with Crippen molar-refractivity contribution >= 4 is 44.6 Å². The number of fused-ring (bicyclic) bond motifs is 13. The van der Waals surface area contributed by atoms with Crippen molar-refractivity contribution in [3.05, 3.63) is 225 Å². The summed E-state index contributed by atoms with van der Waals surface area (Å²) < 4.78 is 41.0. The van der Waals surface area contributed by atoms with Crippen LogP contribution in [0.3, 0.4) is 0 Å². The molecule has 7 heteroatoms. The Morgan fingerprint density at radius 2 is 1.31 bits per heavy atom. The number of aryl methyl sites for hydroxylation is 2. The summed E-state index contributed by atoms with van der Waals surface area (Å²) in [4.78, 5) is 7.62. The standard InChI is InChI=1S/C61H44N4OS.Pt/c1-38-31-59(62-36-48(38)39-25-27-40(28-26-39)60(2,3)4)65-55-33-43(66-42-16-14-15-41(32-42)64-37-63(5)53-21-10-11-22-54(53)64)29-30-45(55)47-34-46-44-17-6-7-18-49(44)61(52(46)35-56(47)65)50-19-8-12-23-57(50)67-58-24-13-9-20-51(58)61;/h6-31,34-36H,1-5H3;/q-2;/i1D3;. The number of ether oxygens (including phenoxy) is 1. The molecule has 0 fully saturated rings. The quantitative estimate of drug-likeness (QED) is 0.161. The Balaban J connectivity index is 1.05. The summed E-state index contributed by atoms with van der Waals surface area (Å²) >= 11 is 4.17. The Hall–Kier alpha value is -6.98. The smallest absolute Gasteiger partial charge is 0.0894 e. The van der Waals surface area contributed by atoms with Gasteiger partial charge >= 0.3 is 194 Å². The molecule has 2 aliphatic rings. The molecular weight excluding hydrogens is 1030 g/mol. The predicted octanol–water partition coefficient (Wildman–Crippen LogP) is 15.0.